The number of anilines is 2. The van der Waals surface area contributed by atoms with Crippen molar-refractivity contribution in [1.82, 2.24) is 15.0 Å². The van der Waals surface area contributed by atoms with E-state index >= 15 is 0 Å². The van der Waals surface area contributed by atoms with E-state index < -0.39 is 0 Å². The van der Waals surface area contributed by atoms with Crippen molar-refractivity contribution in [3.05, 3.63) is 66.6 Å². The van der Waals surface area contributed by atoms with Gasteiger partial charge in [0.1, 0.15) is 0 Å². The Morgan fingerprint density at radius 1 is 1.05 bits per heavy atom. The van der Waals surface area contributed by atoms with Gasteiger partial charge in [-0.1, -0.05) is 0 Å². The van der Waals surface area contributed by atoms with Gasteiger partial charge in [-0.05, 0) is 49.4 Å². The lowest BCUT2D eigenvalue weighted by Crippen LogP contribution is -1.99. The smallest absolute Gasteiger partial charge is 0.227 e. The first kappa shape index (κ1) is 13.9. The molecule has 0 aliphatic rings. The van der Waals surface area contributed by atoms with Crippen LogP contribution in [-0.4, -0.2) is 20.7 Å². The molecule has 1 N–H and O–H groups in total. The van der Waals surface area contributed by atoms with Crippen LogP contribution in [0.1, 0.15) is 17.3 Å². The molecule has 0 radical (unpaired) electrons. The van der Waals surface area contributed by atoms with Crippen LogP contribution in [0.15, 0.2) is 61.1 Å². The van der Waals surface area contributed by atoms with Gasteiger partial charge in [-0.3, -0.25) is 9.78 Å². The highest BCUT2D eigenvalue weighted by Crippen LogP contribution is 2.18. The summed E-state index contributed by atoms with van der Waals surface area (Å²) < 4.78 is 0. The molecule has 3 rings (SSSR count). The number of Topliss-reactive ketones (excluding diaryl/α,β-unsaturated/α-hetero) is 1. The van der Waals surface area contributed by atoms with Crippen LogP contribution in [0, 0.1) is 0 Å². The summed E-state index contributed by atoms with van der Waals surface area (Å²) in [4.78, 5) is 24.0. The Kier molecular flexibility index (Phi) is 3.87. The summed E-state index contributed by atoms with van der Waals surface area (Å²) in [7, 11) is 0. The Morgan fingerprint density at radius 2 is 1.86 bits per heavy atom. The van der Waals surface area contributed by atoms with Crippen LogP contribution in [0.5, 0.6) is 0 Å². The molecule has 0 fully saturated rings. The molecule has 0 aliphatic carbocycles. The van der Waals surface area contributed by atoms with Crippen molar-refractivity contribution in [2.75, 3.05) is 5.32 Å². The van der Waals surface area contributed by atoms with Gasteiger partial charge in [0.2, 0.25) is 5.95 Å². The summed E-state index contributed by atoms with van der Waals surface area (Å²) in [5, 5.41) is 3.13. The fourth-order valence-corrected chi connectivity index (χ4v) is 2.01. The Bertz CT molecular complexity index is 785. The third-order valence-corrected chi connectivity index (χ3v) is 3.16. The molecule has 0 aliphatic heterocycles. The summed E-state index contributed by atoms with van der Waals surface area (Å²) in [6.07, 6.45) is 5.18. The average molecular weight is 290 g/mol. The number of pyridine rings is 1. The SMILES string of the molecule is CC(=O)c1ccc(Nc2nccc(-c3cccnc3)n2)cc1. The van der Waals surface area contributed by atoms with Crippen LogP contribution in [0.25, 0.3) is 11.3 Å². The maximum Gasteiger partial charge on any atom is 0.227 e. The topological polar surface area (TPSA) is 67.8 Å². The van der Waals surface area contributed by atoms with Gasteiger partial charge in [0.05, 0.1) is 5.69 Å². The lowest BCUT2D eigenvalue weighted by Gasteiger charge is -2.07. The highest BCUT2D eigenvalue weighted by atomic mass is 16.1. The van der Waals surface area contributed by atoms with E-state index in [1.54, 1.807) is 37.6 Å². The molecular formula is C17H14N4O. The molecule has 22 heavy (non-hydrogen) atoms. The van der Waals surface area contributed by atoms with Gasteiger partial charge < -0.3 is 5.32 Å². The van der Waals surface area contributed by atoms with E-state index in [0.717, 1.165) is 16.9 Å². The van der Waals surface area contributed by atoms with Gasteiger partial charge in [0, 0.05) is 35.4 Å². The first-order valence-corrected chi connectivity index (χ1v) is 6.84. The predicted octanol–water partition coefficient (Wildman–Crippen LogP) is 3.48. The third-order valence-electron chi connectivity index (χ3n) is 3.16. The predicted molar refractivity (Wildman–Crippen MR) is 85.0 cm³/mol. The van der Waals surface area contributed by atoms with Crippen LogP contribution >= 0.6 is 0 Å². The van der Waals surface area contributed by atoms with Crippen molar-refractivity contribution in [3.63, 3.8) is 0 Å². The molecular weight excluding hydrogens is 276 g/mol. The maximum atomic E-state index is 11.3. The van der Waals surface area contributed by atoms with Gasteiger partial charge in [-0.2, -0.15) is 0 Å². The lowest BCUT2D eigenvalue weighted by atomic mass is 10.1. The van der Waals surface area contributed by atoms with Crippen molar-refractivity contribution in [2.24, 2.45) is 0 Å². The second kappa shape index (κ2) is 6.13. The standard InChI is InChI=1S/C17H14N4O/c1-12(22)13-4-6-15(7-5-13)20-17-19-10-8-16(21-17)14-3-2-9-18-11-14/h2-11H,1H3,(H,19,20,21). The fourth-order valence-electron chi connectivity index (χ4n) is 2.01. The van der Waals surface area contributed by atoms with Gasteiger partial charge >= 0.3 is 0 Å². The van der Waals surface area contributed by atoms with Gasteiger partial charge in [0.25, 0.3) is 0 Å². The number of carbonyl (C=O) groups is 1. The van der Waals surface area contributed by atoms with Crippen molar-refractivity contribution >= 4 is 17.4 Å². The van der Waals surface area contributed by atoms with E-state index in [4.69, 9.17) is 0 Å². The molecule has 0 unspecified atom stereocenters. The maximum absolute atomic E-state index is 11.3. The van der Waals surface area contributed by atoms with Crippen LogP contribution in [-0.2, 0) is 0 Å². The number of rotatable bonds is 4. The normalized spacial score (nSPS) is 10.2. The minimum absolute atomic E-state index is 0.0429. The van der Waals surface area contributed by atoms with E-state index in [1.165, 1.54) is 0 Å². The number of benzene rings is 1. The molecule has 0 spiro atoms. The lowest BCUT2D eigenvalue weighted by molar-refractivity contribution is 0.101. The molecule has 1 aromatic carbocycles. The Balaban J connectivity index is 1.82. The van der Waals surface area contributed by atoms with Gasteiger partial charge in [-0.25, -0.2) is 9.97 Å². The second-order valence-corrected chi connectivity index (χ2v) is 4.77. The van der Waals surface area contributed by atoms with Crippen LogP contribution < -0.4 is 5.32 Å². The van der Waals surface area contributed by atoms with Gasteiger partial charge in [0.15, 0.2) is 5.78 Å². The first-order valence-electron chi connectivity index (χ1n) is 6.84. The molecule has 0 amide bonds. The van der Waals surface area contributed by atoms with Crippen molar-refractivity contribution in [1.29, 1.82) is 0 Å². The zero-order valence-electron chi connectivity index (χ0n) is 12.0. The molecule has 0 saturated carbocycles. The highest BCUT2D eigenvalue weighted by molar-refractivity contribution is 5.94. The van der Waals surface area contributed by atoms with E-state index in [0.29, 0.717) is 11.5 Å². The number of hydrogen-bond donors (Lipinski definition) is 1. The van der Waals surface area contributed by atoms with Crippen LogP contribution in [0.2, 0.25) is 0 Å². The minimum atomic E-state index is 0.0429. The fraction of sp³-hybridized carbons (Fsp3) is 0.0588. The number of aromatic nitrogens is 3. The van der Waals surface area contributed by atoms with Crippen molar-refractivity contribution in [2.45, 2.75) is 6.92 Å². The van der Waals surface area contributed by atoms with E-state index in [9.17, 15) is 4.79 Å². The average Bonchev–Trinajstić information content (AvgIpc) is 2.56. The molecule has 5 nitrogen and oxygen atoms in total. The molecule has 0 atom stereocenters. The summed E-state index contributed by atoms with van der Waals surface area (Å²) in [6, 6.07) is 12.9. The summed E-state index contributed by atoms with van der Waals surface area (Å²) >= 11 is 0. The van der Waals surface area contributed by atoms with Crippen LogP contribution in [0.4, 0.5) is 11.6 Å². The monoisotopic (exact) mass is 290 g/mol. The molecule has 2 heterocycles. The first-order chi connectivity index (χ1) is 10.7. The molecule has 0 bridgehead atoms. The number of ketones is 1. The summed E-state index contributed by atoms with van der Waals surface area (Å²) in [6.45, 7) is 1.54. The largest absolute Gasteiger partial charge is 0.324 e. The molecule has 3 aromatic rings. The second-order valence-electron chi connectivity index (χ2n) is 4.77. The Morgan fingerprint density at radius 3 is 2.55 bits per heavy atom. The third kappa shape index (κ3) is 3.15. The zero-order valence-corrected chi connectivity index (χ0v) is 12.0. The highest BCUT2D eigenvalue weighted by Gasteiger charge is 2.04. The zero-order chi connectivity index (χ0) is 15.4. The molecule has 5 heteroatoms. The van der Waals surface area contributed by atoms with Crippen molar-refractivity contribution in [3.8, 4) is 11.3 Å². The molecule has 0 saturated heterocycles. The van der Waals surface area contributed by atoms with Crippen molar-refractivity contribution < 1.29 is 4.79 Å². The minimum Gasteiger partial charge on any atom is -0.324 e. The summed E-state index contributed by atoms with van der Waals surface area (Å²) in [5.74, 6) is 0.540. The quantitative estimate of drug-likeness (QED) is 0.745. The van der Waals surface area contributed by atoms with E-state index in [1.807, 2.05) is 30.3 Å². The number of nitrogens with one attached hydrogen (secondary N) is 1. The Labute approximate surface area is 128 Å². The number of nitrogens with zero attached hydrogens (tertiary/aromatic N) is 3. The van der Waals surface area contributed by atoms with E-state index in [-0.39, 0.29) is 5.78 Å². The van der Waals surface area contributed by atoms with Crippen LogP contribution in [0.3, 0.4) is 0 Å². The Hall–Kier alpha value is -3.08. The summed E-state index contributed by atoms with van der Waals surface area (Å²) in [5.41, 5.74) is 3.23. The van der Waals surface area contributed by atoms with Gasteiger partial charge in [-0.15, -0.1) is 0 Å². The number of carbonyl (C=O) groups excluding carboxylic acids is 1. The molecule has 108 valence electrons. The number of hydrogen-bond acceptors (Lipinski definition) is 5. The van der Waals surface area contributed by atoms with E-state index in [2.05, 4.69) is 20.3 Å². The molecule has 2 aromatic heterocycles.